The Hall–Kier alpha value is -3.13. The van der Waals surface area contributed by atoms with Gasteiger partial charge in [-0.1, -0.05) is 13.8 Å². The van der Waals surface area contributed by atoms with Crippen LogP contribution in [0.15, 0.2) is 33.9 Å². The summed E-state index contributed by atoms with van der Waals surface area (Å²) in [5.41, 5.74) is 9.15. The van der Waals surface area contributed by atoms with E-state index in [0.717, 1.165) is 11.1 Å². The number of piperazine rings is 1. The molecular formula is C26H39N9O3S. The van der Waals surface area contributed by atoms with E-state index in [4.69, 9.17) is 20.4 Å². The molecule has 0 radical (unpaired) electrons. The molecule has 0 saturated carbocycles. The molecule has 2 atom stereocenters. The van der Waals surface area contributed by atoms with Gasteiger partial charge < -0.3 is 10.5 Å². The number of methoxy groups -OCH3 is 1. The number of aromatic nitrogens is 4. The lowest BCUT2D eigenvalue weighted by Gasteiger charge is -2.37. The zero-order valence-electron chi connectivity index (χ0n) is 23.8. The molecule has 13 heteroatoms. The van der Waals surface area contributed by atoms with Crippen molar-refractivity contribution >= 4 is 34.2 Å². The van der Waals surface area contributed by atoms with Crippen molar-refractivity contribution in [3.8, 4) is 11.4 Å². The second kappa shape index (κ2) is 12.8. The second-order valence-corrected chi connectivity index (χ2v) is 11.9. The third kappa shape index (κ3) is 7.72. The van der Waals surface area contributed by atoms with Gasteiger partial charge in [-0.2, -0.15) is 14.3 Å². The van der Waals surface area contributed by atoms with Crippen LogP contribution >= 0.6 is 0 Å². The Morgan fingerprint density at radius 1 is 1.18 bits per heavy atom. The highest BCUT2D eigenvalue weighted by Gasteiger charge is 2.27. The van der Waals surface area contributed by atoms with Gasteiger partial charge in [0.25, 0.3) is 0 Å². The third-order valence-electron chi connectivity index (χ3n) is 6.66. The van der Waals surface area contributed by atoms with E-state index in [9.17, 15) is 8.42 Å². The Morgan fingerprint density at radius 3 is 2.38 bits per heavy atom. The molecule has 0 spiro atoms. The van der Waals surface area contributed by atoms with Crippen LogP contribution in [0, 0.1) is 12.8 Å². The van der Waals surface area contributed by atoms with Gasteiger partial charge in [-0.3, -0.25) is 9.89 Å². The van der Waals surface area contributed by atoms with Crippen LogP contribution in [0.25, 0.3) is 11.4 Å². The van der Waals surface area contributed by atoms with Gasteiger partial charge in [-0.25, -0.2) is 23.4 Å². The van der Waals surface area contributed by atoms with Crippen LogP contribution in [0.1, 0.15) is 45.1 Å². The predicted molar refractivity (Wildman–Crippen MR) is 155 cm³/mol. The standard InChI is InChI=1S/C26H39N9O3S/c1-16(2)21(25(28-6)38-7)13-17(3)30-23-22(24-31-19(5)32-26(27)33-24)14-20(15-29-23)18(4)34-9-11-35(12-10-34)39(8,36)37/h13-16,18,25H,6,9-12H2,1-5,7-8H3,(H2,27,31,32,33)/b21-13-,30-17?. The minimum atomic E-state index is -3.21. The van der Waals surface area contributed by atoms with Crippen LogP contribution in [0.4, 0.5) is 11.8 Å². The number of nitrogens with zero attached hydrogens (tertiary/aromatic N) is 8. The summed E-state index contributed by atoms with van der Waals surface area (Å²) in [7, 11) is -1.61. The number of aryl methyl sites for hydroxylation is 1. The first kappa shape index (κ1) is 30.4. The number of ether oxygens (including phenoxy) is 1. The number of pyridine rings is 1. The van der Waals surface area contributed by atoms with E-state index >= 15 is 0 Å². The molecule has 1 saturated heterocycles. The normalized spacial score (nSPS) is 17.8. The van der Waals surface area contributed by atoms with Gasteiger partial charge in [0.15, 0.2) is 17.9 Å². The summed E-state index contributed by atoms with van der Waals surface area (Å²) < 4.78 is 30.8. The molecule has 1 aliphatic heterocycles. The molecule has 2 aromatic heterocycles. The van der Waals surface area contributed by atoms with Crippen molar-refractivity contribution in [2.45, 2.75) is 46.9 Å². The van der Waals surface area contributed by atoms with Crippen LogP contribution in [0.5, 0.6) is 0 Å². The quantitative estimate of drug-likeness (QED) is 0.435. The van der Waals surface area contributed by atoms with E-state index in [0.29, 0.717) is 54.9 Å². The van der Waals surface area contributed by atoms with Crippen LogP contribution in [-0.4, -0.2) is 95.8 Å². The first-order valence-electron chi connectivity index (χ1n) is 12.8. The summed E-state index contributed by atoms with van der Waals surface area (Å²) in [5, 5.41) is 0. The van der Waals surface area contributed by atoms with Gasteiger partial charge in [0.05, 0.1) is 11.8 Å². The molecule has 12 nitrogen and oxygen atoms in total. The van der Waals surface area contributed by atoms with Gasteiger partial charge in [0.1, 0.15) is 5.82 Å². The van der Waals surface area contributed by atoms with Gasteiger partial charge in [0.2, 0.25) is 16.0 Å². The van der Waals surface area contributed by atoms with Crippen molar-refractivity contribution in [1.82, 2.24) is 29.1 Å². The van der Waals surface area contributed by atoms with Gasteiger partial charge in [-0.15, -0.1) is 0 Å². The van der Waals surface area contributed by atoms with Crippen LogP contribution < -0.4 is 5.73 Å². The van der Waals surface area contributed by atoms with E-state index in [1.54, 1.807) is 20.2 Å². The van der Waals surface area contributed by atoms with Crippen molar-refractivity contribution in [1.29, 1.82) is 0 Å². The Labute approximate surface area is 231 Å². The summed E-state index contributed by atoms with van der Waals surface area (Å²) in [6.45, 7) is 15.6. The largest absolute Gasteiger partial charge is 0.368 e. The summed E-state index contributed by atoms with van der Waals surface area (Å²) >= 11 is 0. The Kier molecular flexibility index (Phi) is 9.99. The highest BCUT2D eigenvalue weighted by molar-refractivity contribution is 7.88. The molecule has 0 aliphatic carbocycles. The van der Waals surface area contributed by atoms with E-state index in [-0.39, 0.29) is 17.9 Å². The average molecular weight is 558 g/mol. The monoisotopic (exact) mass is 557 g/mol. The smallest absolute Gasteiger partial charge is 0.223 e. The Morgan fingerprint density at radius 2 is 1.85 bits per heavy atom. The van der Waals surface area contributed by atoms with Gasteiger partial charge >= 0.3 is 0 Å². The molecule has 3 rings (SSSR count). The maximum atomic E-state index is 11.9. The van der Waals surface area contributed by atoms with E-state index in [1.807, 2.05) is 19.1 Å². The predicted octanol–water partition coefficient (Wildman–Crippen LogP) is 2.81. The second-order valence-electron chi connectivity index (χ2n) is 9.90. The van der Waals surface area contributed by atoms with Crippen molar-refractivity contribution in [3.63, 3.8) is 0 Å². The number of allylic oxidation sites excluding steroid dienone is 1. The molecule has 212 valence electrons. The minimum Gasteiger partial charge on any atom is -0.368 e. The molecule has 2 aromatic rings. The zero-order chi connectivity index (χ0) is 28.9. The number of nitrogen functional groups attached to an aromatic ring is 1. The van der Waals surface area contributed by atoms with Crippen molar-refractivity contribution in [2.75, 3.05) is 45.3 Å². The molecule has 0 amide bonds. The Balaban J connectivity index is 2.03. The number of aliphatic imine (C=N–C) groups is 2. The molecule has 2 N–H and O–H groups in total. The minimum absolute atomic E-state index is 0.0223. The highest BCUT2D eigenvalue weighted by atomic mass is 32.2. The van der Waals surface area contributed by atoms with E-state index in [1.165, 1.54) is 10.6 Å². The van der Waals surface area contributed by atoms with E-state index in [2.05, 4.69) is 52.3 Å². The molecular weight excluding hydrogens is 518 g/mol. The van der Waals surface area contributed by atoms with Crippen LogP contribution in [0.3, 0.4) is 0 Å². The lowest BCUT2D eigenvalue weighted by molar-refractivity contribution is 0.132. The first-order valence-corrected chi connectivity index (χ1v) is 14.6. The SMILES string of the molecule is C=NC(OC)/C(=C\C(C)=Nc1ncc(C(C)N2CCN(S(C)(=O)=O)CC2)cc1-c1nc(C)nc(N)n1)C(C)C. The summed E-state index contributed by atoms with van der Waals surface area (Å²) in [6, 6.07) is 1.95. The molecule has 3 heterocycles. The molecule has 39 heavy (non-hydrogen) atoms. The first-order chi connectivity index (χ1) is 18.3. The zero-order valence-corrected chi connectivity index (χ0v) is 24.6. The summed E-state index contributed by atoms with van der Waals surface area (Å²) in [4.78, 5) is 28.8. The van der Waals surface area contributed by atoms with Gasteiger partial charge in [-0.05, 0) is 56.7 Å². The fraction of sp³-hybridized carbons (Fsp3) is 0.538. The number of rotatable bonds is 10. The number of nitrogens with two attached hydrogens (primary N) is 1. The topological polar surface area (TPSA) is 152 Å². The third-order valence-corrected chi connectivity index (χ3v) is 7.97. The molecule has 0 aromatic carbocycles. The lowest BCUT2D eigenvalue weighted by Crippen LogP contribution is -2.48. The van der Waals surface area contributed by atoms with Gasteiger partial charge in [0, 0.05) is 51.2 Å². The molecule has 1 fully saturated rings. The lowest BCUT2D eigenvalue weighted by atomic mass is 10.00. The maximum absolute atomic E-state index is 11.9. The summed E-state index contributed by atoms with van der Waals surface area (Å²) in [6.07, 6.45) is 4.50. The molecule has 1 aliphatic rings. The summed E-state index contributed by atoms with van der Waals surface area (Å²) in [5.74, 6) is 1.58. The maximum Gasteiger partial charge on any atom is 0.223 e. The van der Waals surface area contributed by atoms with Crippen LogP contribution in [-0.2, 0) is 14.8 Å². The number of hydrogen-bond donors (Lipinski definition) is 1. The van der Waals surface area contributed by atoms with Crippen molar-refractivity contribution < 1.29 is 13.2 Å². The fourth-order valence-corrected chi connectivity index (χ4v) is 5.32. The molecule has 2 unspecified atom stereocenters. The van der Waals surface area contributed by atoms with Crippen molar-refractivity contribution in [3.05, 3.63) is 35.3 Å². The number of anilines is 1. The van der Waals surface area contributed by atoms with Crippen molar-refractivity contribution in [2.24, 2.45) is 15.9 Å². The van der Waals surface area contributed by atoms with E-state index < -0.39 is 16.3 Å². The van der Waals surface area contributed by atoms with Crippen LogP contribution in [0.2, 0.25) is 0 Å². The highest BCUT2D eigenvalue weighted by Crippen LogP contribution is 2.32. The number of sulfonamides is 1. The molecule has 0 bridgehead atoms. The Bertz CT molecular complexity index is 1330. The fourth-order valence-electron chi connectivity index (χ4n) is 4.49. The average Bonchev–Trinajstić information content (AvgIpc) is 2.87. The number of hydrogen-bond acceptors (Lipinski definition) is 11.